The maximum Gasteiger partial charge on any atom is 0.338 e. The summed E-state index contributed by atoms with van der Waals surface area (Å²) in [7, 11) is -3.74. The van der Waals surface area contributed by atoms with Crippen molar-refractivity contribution in [3.8, 4) is 0 Å². The van der Waals surface area contributed by atoms with E-state index in [1.165, 1.54) is 34.1 Å². The fourth-order valence-corrected chi connectivity index (χ4v) is 5.79. The van der Waals surface area contributed by atoms with Crippen LogP contribution in [0.5, 0.6) is 0 Å². The van der Waals surface area contributed by atoms with E-state index in [9.17, 15) is 18.0 Å². The van der Waals surface area contributed by atoms with Crippen LogP contribution in [0.2, 0.25) is 0 Å². The number of carbonyl (C=O) groups excluding carboxylic acids is 2. The number of hydrogen-bond donors (Lipinski definition) is 1. The molecule has 2 aromatic rings. The molecule has 2 aliphatic rings. The summed E-state index contributed by atoms with van der Waals surface area (Å²) in [5.74, 6) is -0.727. The van der Waals surface area contributed by atoms with Gasteiger partial charge in [0.1, 0.15) is 11.4 Å². The fourth-order valence-electron chi connectivity index (χ4n) is 4.35. The third-order valence-electron chi connectivity index (χ3n) is 6.46. The predicted molar refractivity (Wildman–Crippen MR) is 133 cm³/mol. The van der Waals surface area contributed by atoms with Crippen molar-refractivity contribution in [1.29, 1.82) is 0 Å². The molecule has 2 aromatic carbocycles. The molecule has 0 atom stereocenters. The van der Waals surface area contributed by atoms with Gasteiger partial charge in [0, 0.05) is 31.5 Å². The van der Waals surface area contributed by atoms with E-state index >= 15 is 0 Å². The molecule has 0 radical (unpaired) electrons. The fraction of sp³-hybridized carbons (Fsp3) is 0.423. The van der Waals surface area contributed by atoms with E-state index in [4.69, 9.17) is 9.73 Å². The number of benzene rings is 2. The first-order valence-electron chi connectivity index (χ1n) is 11.8. The number of rotatable bonds is 5. The normalized spacial score (nSPS) is 18.3. The van der Waals surface area contributed by atoms with Gasteiger partial charge >= 0.3 is 5.97 Å². The first kappa shape index (κ1) is 25.1. The van der Waals surface area contributed by atoms with Crippen molar-refractivity contribution in [2.75, 3.05) is 19.7 Å². The maximum atomic E-state index is 13.1. The minimum atomic E-state index is -3.74. The number of hydrogen-bond acceptors (Lipinski definition) is 6. The van der Waals surface area contributed by atoms with E-state index < -0.39 is 21.7 Å². The van der Waals surface area contributed by atoms with Gasteiger partial charge in [0.25, 0.3) is 5.91 Å². The summed E-state index contributed by atoms with van der Waals surface area (Å²) in [6.07, 6.45) is 0.755. The van der Waals surface area contributed by atoms with Crippen LogP contribution in [0.15, 0.2) is 58.4 Å². The van der Waals surface area contributed by atoms with Crippen molar-refractivity contribution in [3.63, 3.8) is 0 Å². The second-order valence-corrected chi connectivity index (χ2v) is 11.9. The number of esters is 1. The Morgan fingerprint density at radius 1 is 1.06 bits per heavy atom. The van der Waals surface area contributed by atoms with E-state index in [1.54, 1.807) is 6.92 Å². The number of sulfonamides is 1. The van der Waals surface area contributed by atoms with Gasteiger partial charge in [-0.05, 0) is 42.2 Å². The highest BCUT2D eigenvalue weighted by molar-refractivity contribution is 7.89. The molecule has 1 spiro atoms. The summed E-state index contributed by atoms with van der Waals surface area (Å²) in [6, 6.07) is 13.6. The van der Waals surface area contributed by atoms with Gasteiger partial charge in [0.15, 0.2) is 0 Å². The van der Waals surface area contributed by atoms with Crippen LogP contribution < -0.4 is 5.32 Å². The molecule has 0 saturated carbocycles. The zero-order valence-corrected chi connectivity index (χ0v) is 21.3. The summed E-state index contributed by atoms with van der Waals surface area (Å²) in [6.45, 7) is 8.80. The van der Waals surface area contributed by atoms with E-state index in [-0.39, 0.29) is 35.9 Å². The largest absolute Gasteiger partial charge is 0.462 e. The summed E-state index contributed by atoms with van der Waals surface area (Å²) in [5, 5.41) is 2.99. The number of piperidine rings is 1. The lowest BCUT2D eigenvalue weighted by Crippen LogP contribution is -2.52. The molecule has 2 aliphatic heterocycles. The van der Waals surface area contributed by atoms with Crippen molar-refractivity contribution in [2.45, 2.75) is 56.5 Å². The minimum Gasteiger partial charge on any atom is -0.462 e. The summed E-state index contributed by atoms with van der Waals surface area (Å²) >= 11 is 0. The topological polar surface area (TPSA) is 105 Å². The Labute approximate surface area is 206 Å². The van der Waals surface area contributed by atoms with Crippen molar-refractivity contribution >= 4 is 27.6 Å². The number of carbonyl (C=O) groups is 2. The Morgan fingerprint density at radius 2 is 1.66 bits per heavy atom. The molecule has 1 saturated heterocycles. The van der Waals surface area contributed by atoms with Gasteiger partial charge in [0.05, 0.1) is 17.1 Å². The number of ether oxygens (including phenoxy) is 1. The molecule has 186 valence electrons. The molecular weight excluding hydrogens is 466 g/mol. The Kier molecular flexibility index (Phi) is 6.59. The number of nitrogens with zero attached hydrogens (tertiary/aromatic N) is 2. The second-order valence-electron chi connectivity index (χ2n) is 9.92. The lowest BCUT2D eigenvalue weighted by Gasteiger charge is -2.36. The smallest absolute Gasteiger partial charge is 0.338 e. The highest BCUT2D eigenvalue weighted by atomic mass is 32.2. The van der Waals surface area contributed by atoms with Gasteiger partial charge in [-0.1, -0.05) is 45.0 Å². The van der Waals surface area contributed by atoms with E-state index in [0.717, 1.165) is 5.56 Å². The molecule has 0 aliphatic carbocycles. The molecule has 35 heavy (non-hydrogen) atoms. The molecular formula is C26H31N3O5S. The zero-order chi connectivity index (χ0) is 25.4. The Morgan fingerprint density at radius 3 is 2.20 bits per heavy atom. The average molecular weight is 498 g/mol. The third kappa shape index (κ3) is 5.01. The van der Waals surface area contributed by atoms with E-state index in [2.05, 4.69) is 26.1 Å². The zero-order valence-electron chi connectivity index (χ0n) is 20.5. The first-order valence-corrected chi connectivity index (χ1v) is 13.2. The van der Waals surface area contributed by atoms with Crippen LogP contribution >= 0.6 is 0 Å². The van der Waals surface area contributed by atoms with Gasteiger partial charge < -0.3 is 10.1 Å². The van der Waals surface area contributed by atoms with Crippen LogP contribution in [0.25, 0.3) is 0 Å². The highest BCUT2D eigenvalue weighted by Crippen LogP contribution is 2.32. The molecule has 8 nitrogen and oxygen atoms in total. The van der Waals surface area contributed by atoms with Crippen LogP contribution in [0.1, 0.15) is 62.0 Å². The molecule has 1 amide bonds. The van der Waals surface area contributed by atoms with Crippen molar-refractivity contribution in [3.05, 3.63) is 65.2 Å². The molecule has 0 unspecified atom stereocenters. The summed E-state index contributed by atoms with van der Waals surface area (Å²) in [5.41, 5.74) is 1.82. The van der Waals surface area contributed by atoms with E-state index in [0.29, 0.717) is 24.1 Å². The number of amides is 1. The van der Waals surface area contributed by atoms with Crippen molar-refractivity contribution in [2.24, 2.45) is 4.99 Å². The SMILES string of the molecule is CCOC(=O)c1ccc(S(=O)(=O)N2CCC3(CC2)N=C(c2ccc(C(C)(C)C)cc2)C(=O)N3)cc1. The van der Waals surface area contributed by atoms with Crippen LogP contribution in [-0.2, 0) is 25.0 Å². The first-order chi connectivity index (χ1) is 16.4. The maximum absolute atomic E-state index is 13.1. The summed E-state index contributed by atoms with van der Waals surface area (Å²) < 4.78 is 32.6. The number of aliphatic imine (C=N–C) groups is 1. The van der Waals surface area contributed by atoms with Crippen LogP contribution in [-0.4, -0.2) is 55.7 Å². The standard InChI is InChI=1S/C26H31N3O5S/c1-5-34-24(31)19-8-12-21(13-9-19)35(32,33)29-16-14-26(15-17-29)27-22(23(30)28-26)18-6-10-20(11-7-18)25(2,3)4/h6-13H,5,14-17H2,1-4H3,(H,28,30). The molecule has 0 aromatic heterocycles. The Balaban J connectivity index is 1.47. The number of nitrogens with one attached hydrogen (secondary N) is 1. The Hall–Kier alpha value is -3.04. The molecule has 2 heterocycles. The van der Waals surface area contributed by atoms with Crippen LogP contribution in [0.4, 0.5) is 0 Å². The lowest BCUT2D eigenvalue weighted by atomic mass is 9.86. The van der Waals surface area contributed by atoms with Gasteiger partial charge in [-0.15, -0.1) is 0 Å². The van der Waals surface area contributed by atoms with Crippen molar-refractivity contribution in [1.82, 2.24) is 9.62 Å². The van der Waals surface area contributed by atoms with Gasteiger partial charge in [-0.2, -0.15) is 4.31 Å². The molecule has 0 bridgehead atoms. The molecule has 9 heteroatoms. The monoisotopic (exact) mass is 497 g/mol. The van der Waals surface area contributed by atoms with Crippen LogP contribution in [0.3, 0.4) is 0 Å². The Bertz CT molecular complexity index is 1250. The molecule has 4 rings (SSSR count). The summed E-state index contributed by atoms with van der Waals surface area (Å²) in [4.78, 5) is 29.4. The second kappa shape index (κ2) is 9.20. The highest BCUT2D eigenvalue weighted by Gasteiger charge is 2.44. The van der Waals surface area contributed by atoms with Gasteiger partial charge in [-0.3, -0.25) is 9.79 Å². The molecule has 1 N–H and O–H groups in total. The van der Waals surface area contributed by atoms with Gasteiger partial charge in [0.2, 0.25) is 10.0 Å². The van der Waals surface area contributed by atoms with E-state index in [1.807, 2.05) is 24.3 Å². The van der Waals surface area contributed by atoms with Crippen molar-refractivity contribution < 1.29 is 22.7 Å². The molecule has 1 fully saturated rings. The minimum absolute atomic E-state index is 0.0109. The average Bonchev–Trinajstić information content (AvgIpc) is 3.14. The van der Waals surface area contributed by atoms with Crippen LogP contribution in [0, 0.1) is 0 Å². The lowest BCUT2D eigenvalue weighted by molar-refractivity contribution is -0.115. The third-order valence-corrected chi connectivity index (χ3v) is 8.38. The van der Waals surface area contributed by atoms with Gasteiger partial charge in [-0.25, -0.2) is 13.2 Å². The predicted octanol–water partition coefficient (Wildman–Crippen LogP) is 3.26. The quantitative estimate of drug-likeness (QED) is 0.639.